The molecule has 0 saturated heterocycles. The Balaban J connectivity index is 3.14. The monoisotopic (exact) mass is 220 g/mol. The second-order valence-electron chi connectivity index (χ2n) is 4.90. The minimum absolute atomic E-state index is 0.117. The summed E-state index contributed by atoms with van der Waals surface area (Å²) in [6, 6.07) is 7.03. The Morgan fingerprint density at radius 1 is 1.19 bits per heavy atom. The first kappa shape index (κ1) is 13.2. The Morgan fingerprint density at radius 3 is 2.25 bits per heavy atom. The standard InChI is InChI=1S/C14H24N2/c1-9(2)12-7-6-10(3)13(8-12)14(16-5)11(4)15/h6-9,11,14,16H,15H2,1-5H3. The van der Waals surface area contributed by atoms with Gasteiger partial charge < -0.3 is 11.1 Å². The number of rotatable bonds is 4. The first-order valence-corrected chi connectivity index (χ1v) is 6.00. The Bertz CT molecular complexity index is 343. The van der Waals surface area contributed by atoms with Crippen LogP contribution in [-0.2, 0) is 0 Å². The molecule has 3 N–H and O–H groups in total. The van der Waals surface area contributed by atoms with Gasteiger partial charge >= 0.3 is 0 Å². The molecule has 0 heterocycles. The van der Waals surface area contributed by atoms with Gasteiger partial charge in [0.1, 0.15) is 0 Å². The van der Waals surface area contributed by atoms with Crippen LogP contribution in [0.25, 0.3) is 0 Å². The van der Waals surface area contributed by atoms with Crippen molar-refractivity contribution in [1.82, 2.24) is 5.32 Å². The molecule has 16 heavy (non-hydrogen) atoms. The third-order valence-electron chi connectivity index (χ3n) is 3.14. The molecular weight excluding hydrogens is 196 g/mol. The van der Waals surface area contributed by atoms with Crippen LogP contribution in [0.5, 0.6) is 0 Å². The van der Waals surface area contributed by atoms with Crippen molar-refractivity contribution in [2.45, 2.75) is 45.7 Å². The second kappa shape index (κ2) is 5.46. The van der Waals surface area contributed by atoms with Gasteiger partial charge in [0.2, 0.25) is 0 Å². The molecule has 0 aliphatic rings. The molecule has 0 radical (unpaired) electrons. The highest BCUT2D eigenvalue weighted by Crippen LogP contribution is 2.24. The minimum atomic E-state index is 0.117. The predicted octanol–water partition coefficient (Wildman–Crippen LogP) is 2.73. The lowest BCUT2D eigenvalue weighted by atomic mass is 9.91. The van der Waals surface area contributed by atoms with E-state index in [1.165, 1.54) is 16.7 Å². The zero-order chi connectivity index (χ0) is 12.3. The summed E-state index contributed by atoms with van der Waals surface area (Å²) < 4.78 is 0. The Labute approximate surface area is 99.2 Å². The van der Waals surface area contributed by atoms with Crippen molar-refractivity contribution in [2.75, 3.05) is 7.05 Å². The molecule has 2 nitrogen and oxygen atoms in total. The molecular formula is C14H24N2. The van der Waals surface area contributed by atoms with Gasteiger partial charge in [-0.25, -0.2) is 0 Å². The molecule has 0 bridgehead atoms. The Hall–Kier alpha value is -0.860. The summed E-state index contributed by atoms with van der Waals surface area (Å²) in [5.41, 5.74) is 10.0. The molecule has 0 spiro atoms. The van der Waals surface area contributed by atoms with Crippen molar-refractivity contribution < 1.29 is 0 Å². The van der Waals surface area contributed by atoms with Gasteiger partial charge in [-0.15, -0.1) is 0 Å². The number of likely N-dealkylation sites (N-methyl/N-ethyl adjacent to an activating group) is 1. The molecule has 0 aromatic heterocycles. The van der Waals surface area contributed by atoms with Crippen LogP contribution in [0.1, 0.15) is 49.4 Å². The van der Waals surface area contributed by atoms with Crippen molar-refractivity contribution >= 4 is 0 Å². The molecule has 0 amide bonds. The summed E-state index contributed by atoms with van der Waals surface area (Å²) >= 11 is 0. The van der Waals surface area contributed by atoms with Crippen LogP contribution in [0.4, 0.5) is 0 Å². The van der Waals surface area contributed by atoms with Crippen molar-refractivity contribution in [3.63, 3.8) is 0 Å². The van der Waals surface area contributed by atoms with Gasteiger partial charge in [0.25, 0.3) is 0 Å². The third-order valence-corrected chi connectivity index (χ3v) is 3.14. The number of hydrogen-bond donors (Lipinski definition) is 2. The molecule has 0 fully saturated rings. The van der Waals surface area contributed by atoms with Gasteiger partial charge in [-0.2, -0.15) is 0 Å². The highest BCUT2D eigenvalue weighted by atomic mass is 14.9. The third kappa shape index (κ3) is 2.83. The number of hydrogen-bond acceptors (Lipinski definition) is 2. The van der Waals surface area contributed by atoms with E-state index in [4.69, 9.17) is 5.73 Å². The van der Waals surface area contributed by atoms with E-state index in [0.29, 0.717) is 5.92 Å². The van der Waals surface area contributed by atoms with Crippen LogP contribution in [0.3, 0.4) is 0 Å². The highest BCUT2D eigenvalue weighted by molar-refractivity contribution is 5.35. The quantitative estimate of drug-likeness (QED) is 0.819. The second-order valence-corrected chi connectivity index (χ2v) is 4.90. The maximum Gasteiger partial charge on any atom is 0.0471 e. The molecule has 2 heteroatoms. The van der Waals surface area contributed by atoms with E-state index in [0.717, 1.165) is 0 Å². The summed E-state index contributed by atoms with van der Waals surface area (Å²) in [6.07, 6.45) is 0. The van der Waals surface area contributed by atoms with E-state index >= 15 is 0 Å². The number of benzene rings is 1. The number of aryl methyl sites for hydroxylation is 1. The average Bonchev–Trinajstić information content (AvgIpc) is 2.20. The van der Waals surface area contributed by atoms with Gasteiger partial charge in [0.05, 0.1) is 0 Å². The fourth-order valence-corrected chi connectivity index (χ4v) is 2.05. The van der Waals surface area contributed by atoms with Gasteiger partial charge in [-0.3, -0.25) is 0 Å². The summed E-state index contributed by atoms with van der Waals surface area (Å²) in [5, 5.41) is 3.30. The zero-order valence-electron chi connectivity index (χ0n) is 11.0. The lowest BCUT2D eigenvalue weighted by Gasteiger charge is -2.23. The molecule has 0 aliphatic carbocycles. The normalized spacial score (nSPS) is 15.2. The summed E-state index contributed by atoms with van der Waals surface area (Å²) in [7, 11) is 1.97. The van der Waals surface area contributed by atoms with Crippen LogP contribution in [0, 0.1) is 6.92 Å². The van der Waals surface area contributed by atoms with E-state index in [2.05, 4.69) is 44.3 Å². The Kier molecular flexibility index (Phi) is 4.51. The lowest BCUT2D eigenvalue weighted by molar-refractivity contribution is 0.501. The van der Waals surface area contributed by atoms with Gasteiger partial charge in [0.15, 0.2) is 0 Å². The van der Waals surface area contributed by atoms with Crippen LogP contribution in [-0.4, -0.2) is 13.1 Å². The van der Waals surface area contributed by atoms with E-state index in [9.17, 15) is 0 Å². The molecule has 1 aromatic rings. The molecule has 1 rings (SSSR count). The van der Waals surface area contributed by atoms with E-state index in [1.54, 1.807) is 0 Å². The van der Waals surface area contributed by atoms with E-state index < -0.39 is 0 Å². The van der Waals surface area contributed by atoms with E-state index in [1.807, 2.05) is 14.0 Å². The van der Waals surface area contributed by atoms with Crippen molar-refractivity contribution in [3.05, 3.63) is 34.9 Å². The van der Waals surface area contributed by atoms with Gasteiger partial charge in [-0.05, 0) is 43.5 Å². The Morgan fingerprint density at radius 2 is 1.81 bits per heavy atom. The van der Waals surface area contributed by atoms with Crippen LogP contribution < -0.4 is 11.1 Å². The first-order valence-electron chi connectivity index (χ1n) is 6.00. The first-order chi connectivity index (χ1) is 7.47. The fourth-order valence-electron chi connectivity index (χ4n) is 2.05. The van der Waals surface area contributed by atoms with Crippen molar-refractivity contribution in [3.8, 4) is 0 Å². The minimum Gasteiger partial charge on any atom is -0.326 e. The summed E-state index contributed by atoms with van der Waals surface area (Å²) in [5.74, 6) is 0.560. The largest absolute Gasteiger partial charge is 0.326 e. The van der Waals surface area contributed by atoms with Crippen LogP contribution >= 0.6 is 0 Å². The topological polar surface area (TPSA) is 38.0 Å². The fraction of sp³-hybridized carbons (Fsp3) is 0.571. The molecule has 0 saturated carbocycles. The maximum absolute atomic E-state index is 6.01. The summed E-state index contributed by atoms with van der Waals surface area (Å²) in [4.78, 5) is 0. The number of nitrogens with two attached hydrogens (primary N) is 1. The SMILES string of the molecule is CNC(c1cc(C(C)C)ccc1C)C(C)N. The number of nitrogens with one attached hydrogen (secondary N) is 1. The van der Waals surface area contributed by atoms with Crippen molar-refractivity contribution in [2.24, 2.45) is 5.73 Å². The van der Waals surface area contributed by atoms with Crippen LogP contribution in [0.2, 0.25) is 0 Å². The molecule has 2 unspecified atom stereocenters. The molecule has 90 valence electrons. The summed E-state index contributed by atoms with van der Waals surface area (Å²) in [6.45, 7) is 8.62. The van der Waals surface area contributed by atoms with Crippen molar-refractivity contribution in [1.29, 1.82) is 0 Å². The van der Waals surface area contributed by atoms with Gasteiger partial charge in [-0.1, -0.05) is 32.0 Å². The lowest BCUT2D eigenvalue weighted by Crippen LogP contribution is -2.34. The predicted molar refractivity (Wildman–Crippen MR) is 70.7 cm³/mol. The molecule has 1 aromatic carbocycles. The maximum atomic E-state index is 6.01. The molecule has 2 atom stereocenters. The molecule has 0 aliphatic heterocycles. The highest BCUT2D eigenvalue weighted by Gasteiger charge is 2.16. The smallest absolute Gasteiger partial charge is 0.0471 e. The average molecular weight is 220 g/mol. The van der Waals surface area contributed by atoms with Gasteiger partial charge in [0, 0.05) is 12.1 Å². The van der Waals surface area contributed by atoms with E-state index in [-0.39, 0.29) is 12.1 Å². The van der Waals surface area contributed by atoms with Crippen LogP contribution in [0.15, 0.2) is 18.2 Å². The zero-order valence-corrected chi connectivity index (χ0v) is 11.0.